The molecule has 5 rings (SSSR count). The van der Waals surface area contributed by atoms with Gasteiger partial charge in [-0.2, -0.15) is 13.2 Å². The highest BCUT2D eigenvalue weighted by Gasteiger charge is 2.44. The molecule has 0 radical (unpaired) electrons. The van der Waals surface area contributed by atoms with Gasteiger partial charge in [-0.05, 0) is 73.5 Å². The topological polar surface area (TPSA) is 120 Å². The van der Waals surface area contributed by atoms with Crippen LogP contribution in [0, 0.1) is 17.8 Å². The standard InChI is InChI=1S/C31H30ClF3N6O3/c32-25-14-23(31(33,34)35)6-9-26(25)38-28(43)30(11-1-12-30)37-16-22(15-36)19-40-17-21(18-40)3-2-20-4-7-24(8-5-20)41-13-10-27(42)39-29(41)44/h4-9,14-16,21H,1,10-13,17-19,36H2,(H,38,43)(H,39,42,44). The Kier molecular flexibility index (Phi) is 8.99. The van der Waals surface area contributed by atoms with E-state index >= 15 is 0 Å². The smallest absolute Gasteiger partial charge is 0.404 e. The highest BCUT2D eigenvalue weighted by molar-refractivity contribution is 6.33. The molecular weight excluding hydrogens is 597 g/mol. The predicted molar refractivity (Wildman–Crippen MR) is 161 cm³/mol. The first-order valence-corrected chi connectivity index (χ1v) is 14.4. The van der Waals surface area contributed by atoms with E-state index in [1.54, 1.807) is 18.3 Å². The van der Waals surface area contributed by atoms with Crippen LogP contribution in [0.2, 0.25) is 5.02 Å². The maximum Gasteiger partial charge on any atom is 0.416 e. The van der Waals surface area contributed by atoms with Gasteiger partial charge in [0.15, 0.2) is 0 Å². The third-order valence-corrected chi connectivity index (χ3v) is 8.17. The quantitative estimate of drug-likeness (QED) is 0.307. The predicted octanol–water partition coefficient (Wildman–Crippen LogP) is 4.56. The summed E-state index contributed by atoms with van der Waals surface area (Å²) in [5.41, 5.74) is 6.25. The van der Waals surface area contributed by atoms with Crippen LogP contribution in [-0.4, -0.2) is 60.7 Å². The van der Waals surface area contributed by atoms with Gasteiger partial charge >= 0.3 is 12.2 Å². The molecule has 1 saturated carbocycles. The van der Waals surface area contributed by atoms with Gasteiger partial charge in [0.1, 0.15) is 5.54 Å². The molecule has 2 aromatic rings. The van der Waals surface area contributed by atoms with Crippen molar-refractivity contribution in [2.45, 2.75) is 37.4 Å². The van der Waals surface area contributed by atoms with Gasteiger partial charge in [-0.25, -0.2) is 4.79 Å². The number of likely N-dealkylation sites (tertiary alicyclic amines) is 1. The van der Waals surface area contributed by atoms with Gasteiger partial charge in [-0.1, -0.05) is 23.4 Å². The number of carbonyl (C=O) groups excluding carboxylic acids is 3. The zero-order valence-electron chi connectivity index (χ0n) is 23.6. The number of hydrogen-bond acceptors (Lipinski definition) is 6. The Hall–Kier alpha value is -4.34. The fraction of sp³-hybridized carbons (Fsp3) is 0.355. The van der Waals surface area contributed by atoms with Crippen LogP contribution in [0.15, 0.2) is 59.2 Å². The first kappa shape index (κ1) is 31.1. The Labute approximate surface area is 257 Å². The van der Waals surface area contributed by atoms with Gasteiger partial charge in [-0.15, -0.1) is 0 Å². The van der Waals surface area contributed by atoms with Crippen molar-refractivity contribution in [3.05, 3.63) is 70.4 Å². The molecule has 44 heavy (non-hydrogen) atoms. The lowest BCUT2D eigenvalue weighted by Crippen LogP contribution is -2.49. The SMILES string of the molecule is NC=C(C=NC1(C(=O)Nc2ccc(C(F)(F)F)cc2Cl)CCC1)CN1CC(C#Cc2ccc(N3CCC(=O)NC3=O)cc2)C1. The van der Waals surface area contributed by atoms with Crippen LogP contribution in [0.1, 0.15) is 36.8 Å². The minimum absolute atomic E-state index is 0.0940. The van der Waals surface area contributed by atoms with Crippen molar-refractivity contribution in [2.75, 3.05) is 36.4 Å². The minimum Gasteiger partial charge on any atom is -0.404 e. The lowest BCUT2D eigenvalue weighted by Gasteiger charge is -2.38. The number of benzene rings is 2. The van der Waals surface area contributed by atoms with Gasteiger partial charge in [0, 0.05) is 56.0 Å². The third kappa shape index (κ3) is 7.06. The molecular formula is C31H30ClF3N6O3. The third-order valence-electron chi connectivity index (χ3n) is 7.86. The van der Waals surface area contributed by atoms with Gasteiger partial charge in [0.05, 0.1) is 16.3 Å². The largest absolute Gasteiger partial charge is 0.416 e. The maximum atomic E-state index is 13.1. The van der Waals surface area contributed by atoms with Crippen LogP contribution in [-0.2, 0) is 15.8 Å². The number of aliphatic imine (C=N–C) groups is 1. The number of rotatable bonds is 7. The van der Waals surface area contributed by atoms with Crippen LogP contribution in [0.25, 0.3) is 0 Å². The lowest BCUT2D eigenvalue weighted by molar-refractivity contribution is -0.137. The van der Waals surface area contributed by atoms with E-state index in [4.69, 9.17) is 17.3 Å². The van der Waals surface area contributed by atoms with Crippen molar-refractivity contribution in [1.29, 1.82) is 0 Å². The van der Waals surface area contributed by atoms with E-state index in [0.29, 0.717) is 31.6 Å². The normalized spacial score (nSPS) is 19.1. The molecule has 0 bridgehead atoms. The number of hydrogen-bond donors (Lipinski definition) is 3. The fourth-order valence-corrected chi connectivity index (χ4v) is 5.30. The summed E-state index contributed by atoms with van der Waals surface area (Å²) in [4.78, 5) is 44.7. The zero-order valence-corrected chi connectivity index (χ0v) is 24.3. The molecule has 9 nitrogen and oxygen atoms in total. The number of alkyl halides is 3. The van der Waals surface area contributed by atoms with E-state index in [2.05, 4.69) is 32.4 Å². The molecule has 3 aliphatic rings. The molecule has 2 saturated heterocycles. The number of anilines is 2. The van der Waals surface area contributed by atoms with Crippen molar-refractivity contribution in [2.24, 2.45) is 16.6 Å². The molecule has 230 valence electrons. The Morgan fingerprint density at radius 3 is 2.50 bits per heavy atom. The van der Waals surface area contributed by atoms with E-state index in [-0.39, 0.29) is 29.0 Å². The Balaban J connectivity index is 1.12. The number of halogens is 4. The summed E-state index contributed by atoms with van der Waals surface area (Å²) in [5, 5.41) is 4.74. The van der Waals surface area contributed by atoms with Gasteiger partial charge in [0.2, 0.25) is 5.91 Å². The van der Waals surface area contributed by atoms with E-state index in [0.717, 1.165) is 48.8 Å². The van der Waals surface area contributed by atoms with Crippen molar-refractivity contribution in [3.63, 3.8) is 0 Å². The number of nitrogens with one attached hydrogen (secondary N) is 2. The molecule has 4 N–H and O–H groups in total. The summed E-state index contributed by atoms with van der Waals surface area (Å²) in [6, 6.07) is 9.65. The average molecular weight is 627 g/mol. The molecule has 0 atom stereocenters. The molecule has 2 aromatic carbocycles. The van der Waals surface area contributed by atoms with Crippen LogP contribution >= 0.6 is 11.6 Å². The van der Waals surface area contributed by atoms with E-state index in [1.165, 1.54) is 11.1 Å². The molecule has 3 fully saturated rings. The Bertz CT molecular complexity index is 1570. The highest BCUT2D eigenvalue weighted by Crippen LogP contribution is 2.39. The molecule has 1 aliphatic carbocycles. The monoisotopic (exact) mass is 626 g/mol. The second kappa shape index (κ2) is 12.7. The summed E-state index contributed by atoms with van der Waals surface area (Å²) in [7, 11) is 0. The average Bonchev–Trinajstić information content (AvgIpc) is 2.93. The van der Waals surface area contributed by atoms with Crippen LogP contribution in [0.5, 0.6) is 0 Å². The Morgan fingerprint density at radius 2 is 1.91 bits per heavy atom. The summed E-state index contributed by atoms with van der Waals surface area (Å²) in [6.07, 6.45) is 0.543. The fourth-order valence-electron chi connectivity index (χ4n) is 5.07. The number of amides is 4. The number of nitrogens with two attached hydrogens (primary N) is 1. The van der Waals surface area contributed by atoms with Crippen molar-refractivity contribution in [3.8, 4) is 11.8 Å². The number of imide groups is 1. The second-order valence-electron chi connectivity index (χ2n) is 11.0. The first-order chi connectivity index (χ1) is 21.0. The summed E-state index contributed by atoms with van der Waals surface area (Å²) >= 11 is 6.02. The Morgan fingerprint density at radius 1 is 1.18 bits per heavy atom. The summed E-state index contributed by atoms with van der Waals surface area (Å²) < 4.78 is 38.9. The second-order valence-corrected chi connectivity index (χ2v) is 11.4. The maximum absolute atomic E-state index is 13.1. The molecule has 0 unspecified atom stereocenters. The van der Waals surface area contributed by atoms with E-state index < -0.39 is 29.2 Å². The number of carbonyl (C=O) groups is 3. The van der Waals surface area contributed by atoms with Crippen molar-refractivity contribution >= 4 is 47.0 Å². The number of nitrogens with zero attached hydrogens (tertiary/aromatic N) is 3. The van der Waals surface area contributed by atoms with Gasteiger partial charge in [0.25, 0.3) is 5.91 Å². The molecule has 2 heterocycles. The van der Waals surface area contributed by atoms with Crippen molar-refractivity contribution < 1.29 is 27.6 Å². The van der Waals surface area contributed by atoms with Crippen LogP contribution in [0.3, 0.4) is 0 Å². The van der Waals surface area contributed by atoms with Crippen LogP contribution < -0.4 is 21.3 Å². The first-order valence-electron chi connectivity index (χ1n) is 14.1. The van der Waals surface area contributed by atoms with Gasteiger partial charge in [-0.3, -0.25) is 29.7 Å². The lowest BCUT2D eigenvalue weighted by atomic mass is 9.76. The zero-order chi connectivity index (χ0) is 31.5. The number of urea groups is 1. The molecule has 4 amide bonds. The minimum atomic E-state index is -4.54. The molecule has 13 heteroatoms. The molecule has 2 aliphatic heterocycles. The van der Waals surface area contributed by atoms with Crippen molar-refractivity contribution in [1.82, 2.24) is 10.2 Å². The summed E-state index contributed by atoms with van der Waals surface area (Å²) in [6.45, 7) is 2.33. The van der Waals surface area contributed by atoms with Crippen LogP contribution in [0.4, 0.5) is 29.3 Å². The van der Waals surface area contributed by atoms with E-state index in [9.17, 15) is 27.6 Å². The van der Waals surface area contributed by atoms with Gasteiger partial charge < -0.3 is 11.1 Å². The highest BCUT2D eigenvalue weighted by atomic mass is 35.5. The molecule has 0 aromatic heterocycles. The summed E-state index contributed by atoms with van der Waals surface area (Å²) in [5.74, 6) is 5.88. The molecule has 0 spiro atoms. The van der Waals surface area contributed by atoms with E-state index in [1.807, 2.05) is 12.1 Å².